The summed E-state index contributed by atoms with van der Waals surface area (Å²) in [6, 6.07) is 15.8. The van der Waals surface area contributed by atoms with Crippen molar-refractivity contribution < 1.29 is 0 Å². The maximum absolute atomic E-state index is 5.89. The van der Waals surface area contributed by atoms with Crippen molar-refractivity contribution in [3.8, 4) is 11.3 Å². The molecule has 0 amide bonds. The molecule has 1 aromatic heterocycles. The Kier molecular flexibility index (Phi) is 4.51. The van der Waals surface area contributed by atoms with Gasteiger partial charge >= 0.3 is 0 Å². The van der Waals surface area contributed by atoms with E-state index in [1.54, 1.807) is 6.21 Å². The van der Waals surface area contributed by atoms with E-state index in [-0.39, 0.29) is 0 Å². The van der Waals surface area contributed by atoms with Gasteiger partial charge in [-0.1, -0.05) is 53.6 Å². The lowest BCUT2D eigenvalue weighted by Crippen LogP contribution is -1.90. The SMILES string of the molecule is Cc1cccc(/C=N\Nc2nc(-c3ccc(Cl)cc3)cs2)c1. The molecule has 110 valence electrons. The number of thiazole rings is 1. The van der Waals surface area contributed by atoms with Gasteiger partial charge in [-0.3, -0.25) is 5.43 Å². The molecule has 0 aliphatic carbocycles. The Morgan fingerprint density at radius 1 is 1.18 bits per heavy atom. The number of benzene rings is 2. The van der Waals surface area contributed by atoms with Crippen LogP contribution in [0.5, 0.6) is 0 Å². The summed E-state index contributed by atoms with van der Waals surface area (Å²) in [4.78, 5) is 4.51. The highest BCUT2D eigenvalue weighted by Gasteiger charge is 2.03. The van der Waals surface area contributed by atoms with E-state index in [0.717, 1.165) is 27.0 Å². The molecule has 0 atom stereocenters. The van der Waals surface area contributed by atoms with Crippen LogP contribution in [0.2, 0.25) is 5.02 Å². The third kappa shape index (κ3) is 3.72. The van der Waals surface area contributed by atoms with E-state index in [4.69, 9.17) is 11.6 Å². The Labute approximate surface area is 138 Å². The van der Waals surface area contributed by atoms with Gasteiger partial charge in [0.25, 0.3) is 0 Å². The summed E-state index contributed by atoms with van der Waals surface area (Å²) in [5, 5.41) is 7.70. The molecule has 1 N–H and O–H groups in total. The van der Waals surface area contributed by atoms with Crippen LogP contribution >= 0.6 is 22.9 Å². The molecular weight excluding hydrogens is 314 g/mol. The molecule has 22 heavy (non-hydrogen) atoms. The molecule has 0 spiro atoms. The molecule has 3 nitrogen and oxygen atoms in total. The van der Waals surface area contributed by atoms with Gasteiger partial charge in [0.2, 0.25) is 5.13 Å². The fourth-order valence-electron chi connectivity index (χ4n) is 1.99. The number of anilines is 1. The lowest BCUT2D eigenvalue weighted by Gasteiger charge is -1.97. The number of hydrogen-bond donors (Lipinski definition) is 1. The van der Waals surface area contributed by atoms with Crippen LogP contribution in [-0.4, -0.2) is 11.2 Å². The molecule has 0 unspecified atom stereocenters. The Bertz CT molecular complexity index is 794. The van der Waals surface area contributed by atoms with Crippen molar-refractivity contribution in [3.05, 3.63) is 70.1 Å². The van der Waals surface area contributed by atoms with Crippen molar-refractivity contribution in [2.45, 2.75) is 6.92 Å². The Morgan fingerprint density at radius 3 is 2.77 bits per heavy atom. The minimum absolute atomic E-state index is 0.722. The second kappa shape index (κ2) is 6.73. The van der Waals surface area contributed by atoms with Crippen LogP contribution < -0.4 is 5.43 Å². The van der Waals surface area contributed by atoms with Crippen LogP contribution in [0.3, 0.4) is 0 Å². The summed E-state index contributed by atoms with van der Waals surface area (Å²) in [6.45, 7) is 2.06. The molecule has 0 saturated carbocycles. The first-order valence-electron chi connectivity index (χ1n) is 6.78. The van der Waals surface area contributed by atoms with E-state index >= 15 is 0 Å². The average Bonchev–Trinajstić information content (AvgIpc) is 2.97. The van der Waals surface area contributed by atoms with Crippen LogP contribution in [0.4, 0.5) is 5.13 Å². The lowest BCUT2D eigenvalue weighted by atomic mass is 10.2. The Morgan fingerprint density at radius 2 is 2.00 bits per heavy atom. The summed E-state index contributed by atoms with van der Waals surface area (Å²) in [5.41, 5.74) is 7.18. The van der Waals surface area contributed by atoms with E-state index in [2.05, 4.69) is 34.6 Å². The highest BCUT2D eigenvalue weighted by atomic mass is 35.5. The zero-order valence-electron chi connectivity index (χ0n) is 12.0. The third-order valence-electron chi connectivity index (χ3n) is 3.06. The van der Waals surface area contributed by atoms with Gasteiger partial charge in [-0.25, -0.2) is 4.98 Å². The van der Waals surface area contributed by atoms with Gasteiger partial charge in [0, 0.05) is 16.0 Å². The number of nitrogens with zero attached hydrogens (tertiary/aromatic N) is 2. The van der Waals surface area contributed by atoms with Gasteiger partial charge < -0.3 is 0 Å². The molecule has 0 aliphatic rings. The van der Waals surface area contributed by atoms with E-state index in [1.807, 2.05) is 41.8 Å². The molecule has 1 heterocycles. The minimum Gasteiger partial charge on any atom is -0.253 e. The maximum Gasteiger partial charge on any atom is 0.203 e. The number of aromatic nitrogens is 1. The van der Waals surface area contributed by atoms with Crippen molar-refractivity contribution >= 4 is 34.3 Å². The maximum atomic E-state index is 5.89. The van der Waals surface area contributed by atoms with Crippen LogP contribution in [-0.2, 0) is 0 Å². The first-order valence-corrected chi connectivity index (χ1v) is 8.04. The van der Waals surface area contributed by atoms with Crippen LogP contribution in [0.15, 0.2) is 59.0 Å². The Hall–Kier alpha value is -2.17. The standard InChI is InChI=1S/C17H14ClN3S/c1-12-3-2-4-13(9-12)10-19-21-17-20-16(11-22-17)14-5-7-15(18)8-6-14/h2-11H,1H3,(H,20,21)/b19-10-. The highest BCUT2D eigenvalue weighted by Crippen LogP contribution is 2.25. The van der Waals surface area contributed by atoms with Gasteiger partial charge in [-0.05, 0) is 24.6 Å². The molecule has 3 aromatic rings. The van der Waals surface area contributed by atoms with Crippen molar-refractivity contribution in [1.82, 2.24) is 4.98 Å². The molecule has 0 radical (unpaired) electrons. The minimum atomic E-state index is 0.722. The van der Waals surface area contributed by atoms with Gasteiger partial charge in [0.05, 0.1) is 11.9 Å². The smallest absolute Gasteiger partial charge is 0.203 e. The summed E-state index contributed by atoms with van der Waals surface area (Å²) < 4.78 is 0. The molecule has 0 aliphatic heterocycles. The summed E-state index contributed by atoms with van der Waals surface area (Å²) in [6.07, 6.45) is 1.79. The van der Waals surface area contributed by atoms with E-state index in [1.165, 1.54) is 16.9 Å². The lowest BCUT2D eigenvalue weighted by molar-refractivity contribution is 1.29. The van der Waals surface area contributed by atoms with Crippen molar-refractivity contribution in [2.75, 3.05) is 5.43 Å². The first kappa shape index (κ1) is 14.8. The first-order chi connectivity index (χ1) is 10.7. The van der Waals surface area contributed by atoms with E-state index < -0.39 is 0 Å². The zero-order valence-corrected chi connectivity index (χ0v) is 13.5. The summed E-state index contributed by atoms with van der Waals surface area (Å²) in [5.74, 6) is 0. The monoisotopic (exact) mass is 327 g/mol. The Balaban J connectivity index is 1.68. The van der Waals surface area contributed by atoms with Gasteiger partial charge in [0.15, 0.2) is 0 Å². The highest BCUT2D eigenvalue weighted by molar-refractivity contribution is 7.14. The van der Waals surface area contributed by atoms with E-state index in [9.17, 15) is 0 Å². The zero-order chi connectivity index (χ0) is 15.4. The molecule has 3 rings (SSSR count). The normalized spacial score (nSPS) is 11.0. The van der Waals surface area contributed by atoms with E-state index in [0.29, 0.717) is 0 Å². The van der Waals surface area contributed by atoms with Crippen LogP contribution in [0.25, 0.3) is 11.3 Å². The number of aryl methyl sites for hydroxylation is 1. The second-order valence-corrected chi connectivity index (χ2v) is 6.12. The van der Waals surface area contributed by atoms with Crippen molar-refractivity contribution in [2.24, 2.45) is 5.10 Å². The number of halogens is 1. The predicted molar refractivity (Wildman–Crippen MR) is 95.0 cm³/mol. The quantitative estimate of drug-likeness (QED) is 0.527. The topological polar surface area (TPSA) is 37.3 Å². The largest absolute Gasteiger partial charge is 0.253 e. The number of rotatable bonds is 4. The van der Waals surface area contributed by atoms with Gasteiger partial charge in [-0.2, -0.15) is 5.10 Å². The van der Waals surface area contributed by atoms with Crippen LogP contribution in [0.1, 0.15) is 11.1 Å². The summed E-state index contributed by atoms with van der Waals surface area (Å²) >= 11 is 7.41. The molecule has 0 fully saturated rings. The van der Waals surface area contributed by atoms with Crippen molar-refractivity contribution in [1.29, 1.82) is 0 Å². The third-order valence-corrected chi connectivity index (χ3v) is 4.06. The average molecular weight is 328 g/mol. The fourth-order valence-corrected chi connectivity index (χ4v) is 2.79. The summed E-state index contributed by atoms with van der Waals surface area (Å²) in [7, 11) is 0. The van der Waals surface area contributed by atoms with Gasteiger partial charge in [0.1, 0.15) is 0 Å². The molecule has 0 saturated heterocycles. The molecular formula is C17H14ClN3S. The van der Waals surface area contributed by atoms with Crippen molar-refractivity contribution in [3.63, 3.8) is 0 Å². The van der Waals surface area contributed by atoms with Gasteiger partial charge in [-0.15, -0.1) is 11.3 Å². The number of nitrogens with one attached hydrogen (secondary N) is 1. The van der Waals surface area contributed by atoms with Crippen LogP contribution in [0, 0.1) is 6.92 Å². The number of hydrazone groups is 1. The molecule has 0 bridgehead atoms. The second-order valence-electron chi connectivity index (χ2n) is 4.83. The molecule has 2 aromatic carbocycles. The molecule has 5 heteroatoms. The predicted octanol–water partition coefficient (Wildman–Crippen LogP) is 5.22. The number of hydrogen-bond acceptors (Lipinski definition) is 4. The fraction of sp³-hybridized carbons (Fsp3) is 0.0588.